The molecule has 4 heteroatoms. The molecule has 0 amide bonds. The van der Waals surface area contributed by atoms with Gasteiger partial charge in [-0.25, -0.2) is 0 Å². The first-order valence-corrected chi connectivity index (χ1v) is 7.69. The van der Waals surface area contributed by atoms with E-state index in [0.717, 1.165) is 18.7 Å². The van der Waals surface area contributed by atoms with Crippen molar-refractivity contribution in [2.24, 2.45) is 0 Å². The summed E-state index contributed by atoms with van der Waals surface area (Å²) in [6.45, 7) is 10.0. The van der Waals surface area contributed by atoms with Crippen LogP contribution in [0.5, 0.6) is 0 Å². The Hall–Kier alpha value is -1.23. The zero-order chi connectivity index (χ0) is 15.5. The summed E-state index contributed by atoms with van der Waals surface area (Å²) in [6.07, 6.45) is 0. The Labute approximate surface area is 128 Å². The van der Waals surface area contributed by atoms with Crippen LogP contribution in [0.2, 0.25) is 0 Å². The molecule has 118 valence electrons. The van der Waals surface area contributed by atoms with Gasteiger partial charge in [0.25, 0.3) is 0 Å². The Morgan fingerprint density at radius 2 is 1.57 bits per heavy atom. The zero-order valence-corrected chi connectivity index (χ0v) is 13.4. The molecule has 0 N–H and O–H groups in total. The van der Waals surface area contributed by atoms with E-state index in [0.29, 0.717) is 26.4 Å². The minimum atomic E-state index is -0.173. The highest BCUT2D eigenvalue weighted by molar-refractivity contribution is 5.99. The van der Waals surface area contributed by atoms with Gasteiger partial charge in [-0.05, 0) is 20.8 Å². The van der Waals surface area contributed by atoms with E-state index < -0.39 is 0 Å². The lowest BCUT2D eigenvalue weighted by Crippen LogP contribution is -2.43. The molecule has 0 aromatic heterocycles. The zero-order valence-electron chi connectivity index (χ0n) is 13.4. The molecule has 21 heavy (non-hydrogen) atoms. The summed E-state index contributed by atoms with van der Waals surface area (Å²) in [5.74, 6) is 0.142. The van der Waals surface area contributed by atoms with Crippen molar-refractivity contribution in [2.45, 2.75) is 26.8 Å². The van der Waals surface area contributed by atoms with Crippen molar-refractivity contribution in [3.8, 4) is 0 Å². The van der Waals surface area contributed by atoms with Crippen LogP contribution >= 0.6 is 0 Å². The minimum Gasteiger partial charge on any atom is -0.380 e. The summed E-state index contributed by atoms with van der Waals surface area (Å²) in [7, 11) is 0. The summed E-state index contributed by atoms with van der Waals surface area (Å²) < 4.78 is 10.8. The molecule has 0 bridgehead atoms. The maximum atomic E-state index is 12.5. The van der Waals surface area contributed by atoms with Gasteiger partial charge in [0.2, 0.25) is 0 Å². The van der Waals surface area contributed by atoms with Gasteiger partial charge in [-0.2, -0.15) is 0 Å². The molecule has 1 rings (SSSR count). The van der Waals surface area contributed by atoms with Crippen LogP contribution in [-0.4, -0.2) is 56.2 Å². The molecule has 1 unspecified atom stereocenters. The van der Waals surface area contributed by atoms with Crippen LogP contribution in [-0.2, 0) is 9.47 Å². The number of ether oxygens (including phenoxy) is 2. The van der Waals surface area contributed by atoms with E-state index in [1.54, 1.807) is 0 Å². The fourth-order valence-electron chi connectivity index (χ4n) is 2.16. The summed E-state index contributed by atoms with van der Waals surface area (Å²) in [6, 6.07) is 9.26. The molecule has 0 spiro atoms. The Morgan fingerprint density at radius 1 is 1.05 bits per heavy atom. The number of benzene rings is 1. The van der Waals surface area contributed by atoms with Crippen LogP contribution in [0.25, 0.3) is 0 Å². The molecule has 0 heterocycles. The predicted octanol–water partition coefficient (Wildman–Crippen LogP) is 2.63. The molecule has 1 aromatic carbocycles. The van der Waals surface area contributed by atoms with Gasteiger partial charge in [0.05, 0.1) is 19.3 Å². The standard InChI is InChI=1S/C17H27NO3/c1-4-20-13-11-18(12-14-21-5-2)15(3)17(19)16-9-7-6-8-10-16/h6-10,15H,4-5,11-14H2,1-3H3. The largest absolute Gasteiger partial charge is 0.380 e. The first-order valence-electron chi connectivity index (χ1n) is 7.69. The number of hydrogen-bond acceptors (Lipinski definition) is 4. The average Bonchev–Trinajstić information content (AvgIpc) is 2.53. The van der Waals surface area contributed by atoms with Crippen LogP contribution in [0.4, 0.5) is 0 Å². The molecule has 0 aliphatic rings. The molecule has 0 aliphatic heterocycles. The first-order chi connectivity index (χ1) is 10.2. The van der Waals surface area contributed by atoms with E-state index in [1.165, 1.54) is 0 Å². The molecular formula is C17H27NO3. The van der Waals surface area contributed by atoms with Crippen LogP contribution in [0.15, 0.2) is 30.3 Å². The van der Waals surface area contributed by atoms with Crippen LogP contribution in [0.1, 0.15) is 31.1 Å². The maximum Gasteiger partial charge on any atom is 0.179 e. The Morgan fingerprint density at radius 3 is 2.05 bits per heavy atom. The molecule has 0 saturated heterocycles. The van der Waals surface area contributed by atoms with E-state index in [1.807, 2.05) is 51.1 Å². The fraction of sp³-hybridized carbons (Fsp3) is 0.588. The molecule has 1 atom stereocenters. The number of carbonyl (C=O) groups excluding carboxylic acids is 1. The van der Waals surface area contributed by atoms with Crippen molar-refractivity contribution < 1.29 is 14.3 Å². The van der Waals surface area contributed by atoms with Gasteiger partial charge in [0.1, 0.15) is 0 Å². The second-order valence-corrected chi connectivity index (χ2v) is 4.84. The molecule has 0 saturated carbocycles. The van der Waals surface area contributed by atoms with Crippen LogP contribution in [0, 0.1) is 0 Å². The average molecular weight is 293 g/mol. The lowest BCUT2D eigenvalue weighted by Gasteiger charge is -2.28. The van der Waals surface area contributed by atoms with E-state index in [2.05, 4.69) is 4.90 Å². The number of carbonyl (C=O) groups is 1. The Balaban J connectivity index is 2.63. The van der Waals surface area contributed by atoms with Crippen LogP contribution in [0.3, 0.4) is 0 Å². The van der Waals surface area contributed by atoms with Crippen molar-refractivity contribution in [2.75, 3.05) is 39.5 Å². The van der Waals surface area contributed by atoms with Crippen LogP contribution < -0.4 is 0 Å². The van der Waals surface area contributed by atoms with Gasteiger partial charge in [-0.3, -0.25) is 9.69 Å². The Bertz CT molecular complexity index is 384. The van der Waals surface area contributed by atoms with Gasteiger partial charge >= 0.3 is 0 Å². The van der Waals surface area contributed by atoms with Gasteiger partial charge in [0, 0.05) is 31.9 Å². The van der Waals surface area contributed by atoms with E-state index in [4.69, 9.17) is 9.47 Å². The quantitative estimate of drug-likeness (QED) is 0.464. The molecular weight excluding hydrogens is 266 g/mol. The van der Waals surface area contributed by atoms with Gasteiger partial charge in [0.15, 0.2) is 5.78 Å². The van der Waals surface area contributed by atoms with Crippen molar-refractivity contribution >= 4 is 5.78 Å². The normalized spacial score (nSPS) is 12.6. The third kappa shape index (κ3) is 6.38. The summed E-state index contributed by atoms with van der Waals surface area (Å²) in [4.78, 5) is 14.7. The van der Waals surface area contributed by atoms with E-state index in [9.17, 15) is 4.79 Å². The number of nitrogens with zero attached hydrogens (tertiary/aromatic N) is 1. The summed E-state index contributed by atoms with van der Waals surface area (Å²) in [5, 5.41) is 0. The second kappa shape index (κ2) is 10.5. The van der Waals surface area contributed by atoms with Crippen molar-refractivity contribution in [1.82, 2.24) is 4.90 Å². The van der Waals surface area contributed by atoms with Gasteiger partial charge in [-0.15, -0.1) is 0 Å². The van der Waals surface area contributed by atoms with Gasteiger partial charge in [-0.1, -0.05) is 30.3 Å². The highest BCUT2D eigenvalue weighted by atomic mass is 16.5. The summed E-state index contributed by atoms with van der Waals surface area (Å²) in [5.41, 5.74) is 0.753. The van der Waals surface area contributed by atoms with Crippen molar-refractivity contribution in [3.63, 3.8) is 0 Å². The molecule has 0 radical (unpaired) electrons. The molecule has 0 fully saturated rings. The highest BCUT2D eigenvalue weighted by Gasteiger charge is 2.21. The topological polar surface area (TPSA) is 38.8 Å². The monoisotopic (exact) mass is 293 g/mol. The van der Waals surface area contributed by atoms with Gasteiger partial charge < -0.3 is 9.47 Å². The van der Waals surface area contributed by atoms with Crippen molar-refractivity contribution in [1.29, 1.82) is 0 Å². The fourth-order valence-corrected chi connectivity index (χ4v) is 2.16. The number of ketones is 1. The predicted molar refractivity (Wildman–Crippen MR) is 84.8 cm³/mol. The molecule has 4 nitrogen and oxygen atoms in total. The minimum absolute atomic E-state index is 0.142. The summed E-state index contributed by atoms with van der Waals surface area (Å²) >= 11 is 0. The lowest BCUT2D eigenvalue weighted by atomic mass is 10.0. The number of hydrogen-bond donors (Lipinski definition) is 0. The second-order valence-electron chi connectivity index (χ2n) is 4.84. The van der Waals surface area contributed by atoms with Crippen molar-refractivity contribution in [3.05, 3.63) is 35.9 Å². The number of rotatable bonds is 11. The number of Topliss-reactive ketones (excluding diaryl/α,β-unsaturated/α-hetero) is 1. The lowest BCUT2D eigenvalue weighted by molar-refractivity contribution is 0.0570. The molecule has 0 aliphatic carbocycles. The molecule has 1 aromatic rings. The SMILES string of the molecule is CCOCCN(CCOCC)C(C)C(=O)c1ccccc1. The first kappa shape index (κ1) is 17.8. The Kier molecular flexibility index (Phi) is 8.90. The van der Waals surface area contributed by atoms with E-state index in [-0.39, 0.29) is 11.8 Å². The maximum absolute atomic E-state index is 12.5. The van der Waals surface area contributed by atoms with E-state index >= 15 is 0 Å². The third-order valence-corrected chi connectivity index (χ3v) is 3.44. The third-order valence-electron chi connectivity index (χ3n) is 3.44. The smallest absolute Gasteiger partial charge is 0.179 e. The highest BCUT2D eigenvalue weighted by Crippen LogP contribution is 2.09.